The maximum Gasteiger partial charge on any atom is 0.419 e. The molecule has 0 spiro atoms. The molecule has 140 valence electrons. The van der Waals surface area contributed by atoms with Crippen LogP contribution < -0.4 is 15.4 Å². The number of amides is 2. The Morgan fingerprint density at radius 3 is 2.52 bits per heavy atom. The standard InChI is InChI=1S/C15H9F4N5O2S/c16-11-2-1-8(7-10(11)15(17,18)19)21-12(25)22-13-23-24-14(27-13)26-9-3-5-20-6-4-9/h1-7H,(H2,21,22,23,25). The minimum absolute atomic E-state index is 0.0507. The largest absolute Gasteiger partial charge is 0.430 e. The molecular weight excluding hydrogens is 390 g/mol. The Morgan fingerprint density at radius 2 is 1.81 bits per heavy atom. The monoisotopic (exact) mass is 399 g/mol. The third-order valence-electron chi connectivity index (χ3n) is 3.01. The van der Waals surface area contributed by atoms with Crippen molar-refractivity contribution in [1.29, 1.82) is 0 Å². The van der Waals surface area contributed by atoms with E-state index in [-0.39, 0.29) is 16.0 Å². The van der Waals surface area contributed by atoms with Crippen LogP contribution in [-0.2, 0) is 6.18 Å². The van der Waals surface area contributed by atoms with Crippen molar-refractivity contribution >= 4 is 28.2 Å². The number of urea groups is 1. The molecular formula is C15H9F4N5O2S. The number of hydrogen-bond donors (Lipinski definition) is 2. The third kappa shape index (κ3) is 4.88. The van der Waals surface area contributed by atoms with Crippen molar-refractivity contribution < 1.29 is 27.1 Å². The van der Waals surface area contributed by atoms with Crippen LogP contribution in [0.5, 0.6) is 10.9 Å². The molecule has 0 saturated heterocycles. The summed E-state index contributed by atoms with van der Waals surface area (Å²) in [5.74, 6) is -0.973. The van der Waals surface area contributed by atoms with Crippen LogP contribution in [0.4, 0.5) is 33.2 Å². The fourth-order valence-electron chi connectivity index (χ4n) is 1.89. The third-order valence-corrected chi connectivity index (χ3v) is 3.73. The van der Waals surface area contributed by atoms with Gasteiger partial charge in [-0.15, -0.1) is 5.10 Å². The predicted octanol–water partition coefficient (Wildman–Crippen LogP) is 4.53. The quantitative estimate of drug-likeness (QED) is 0.630. The zero-order valence-corrected chi connectivity index (χ0v) is 13.9. The van der Waals surface area contributed by atoms with Gasteiger partial charge in [0.25, 0.3) is 0 Å². The van der Waals surface area contributed by atoms with E-state index in [0.717, 1.165) is 17.4 Å². The number of nitrogens with one attached hydrogen (secondary N) is 2. The molecule has 0 radical (unpaired) electrons. The SMILES string of the molecule is O=C(Nc1ccc(F)c(C(F)(F)F)c1)Nc1nnc(Oc2ccncc2)s1. The molecule has 27 heavy (non-hydrogen) atoms. The van der Waals surface area contributed by atoms with Gasteiger partial charge in [0.05, 0.1) is 5.56 Å². The molecule has 0 saturated carbocycles. The number of rotatable bonds is 4. The molecule has 12 heteroatoms. The Bertz CT molecular complexity index is 949. The molecule has 2 aromatic heterocycles. The summed E-state index contributed by atoms with van der Waals surface area (Å²) in [4.78, 5) is 15.7. The van der Waals surface area contributed by atoms with Crippen LogP contribution >= 0.6 is 11.3 Å². The summed E-state index contributed by atoms with van der Waals surface area (Å²) in [6, 6.07) is 4.42. The van der Waals surface area contributed by atoms with E-state index >= 15 is 0 Å². The number of anilines is 2. The van der Waals surface area contributed by atoms with E-state index < -0.39 is 23.6 Å². The van der Waals surface area contributed by atoms with E-state index in [1.165, 1.54) is 12.4 Å². The van der Waals surface area contributed by atoms with E-state index in [0.29, 0.717) is 17.9 Å². The predicted molar refractivity (Wildman–Crippen MR) is 88.3 cm³/mol. The molecule has 2 amide bonds. The normalized spacial score (nSPS) is 11.1. The van der Waals surface area contributed by atoms with Crippen molar-refractivity contribution in [2.75, 3.05) is 10.6 Å². The highest BCUT2D eigenvalue weighted by Gasteiger charge is 2.34. The Morgan fingerprint density at radius 1 is 1.07 bits per heavy atom. The Labute approximate surface area is 153 Å². The number of hydrogen-bond acceptors (Lipinski definition) is 6. The summed E-state index contributed by atoms with van der Waals surface area (Å²) in [5.41, 5.74) is -1.72. The summed E-state index contributed by atoms with van der Waals surface area (Å²) in [6.07, 6.45) is -1.85. The summed E-state index contributed by atoms with van der Waals surface area (Å²) in [5, 5.41) is 12.0. The molecule has 3 rings (SSSR count). The van der Waals surface area contributed by atoms with Crippen molar-refractivity contribution in [3.05, 3.63) is 54.1 Å². The topological polar surface area (TPSA) is 89.0 Å². The van der Waals surface area contributed by atoms with E-state index in [1.54, 1.807) is 12.1 Å². The van der Waals surface area contributed by atoms with Gasteiger partial charge >= 0.3 is 17.4 Å². The van der Waals surface area contributed by atoms with Gasteiger partial charge in [0.15, 0.2) is 0 Å². The van der Waals surface area contributed by atoms with Crippen molar-refractivity contribution in [3.8, 4) is 10.9 Å². The summed E-state index contributed by atoms with van der Waals surface area (Å²) >= 11 is 0.900. The molecule has 0 atom stereocenters. The molecule has 7 nitrogen and oxygen atoms in total. The lowest BCUT2D eigenvalue weighted by atomic mass is 10.2. The molecule has 0 aliphatic carbocycles. The van der Waals surface area contributed by atoms with Crippen LogP contribution in [-0.4, -0.2) is 21.2 Å². The lowest BCUT2D eigenvalue weighted by Crippen LogP contribution is -2.20. The van der Waals surface area contributed by atoms with Crippen molar-refractivity contribution in [2.24, 2.45) is 0 Å². The number of pyridine rings is 1. The Balaban J connectivity index is 1.63. The van der Waals surface area contributed by atoms with E-state index in [2.05, 4.69) is 25.8 Å². The van der Waals surface area contributed by atoms with Gasteiger partial charge < -0.3 is 10.1 Å². The number of carbonyl (C=O) groups is 1. The second-order valence-corrected chi connectivity index (χ2v) is 5.87. The van der Waals surface area contributed by atoms with Crippen molar-refractivity contribution in [3.63, 3.8) is 0 Å². The summed E-state index contributed by atoms with van der Waals surface area (Å²) in [6.45, 7) is 0. The average molecular weight is 399 g/mol. The van der Waals surface area contributed by atoms with E-state index in [1.807, 2.05) is 0 Å². The first-order chi connectivity index (χ1) is 12.8. The van der Waals surface area contributed by atoms with Crippen LogP contribution in [0.1, 0.15) is 5.56 Å². The maximum absolute atomic E-state index is 13.2. The molecule has 0 bridgehead atoms. The van der Waals surface area contributed by atoms with Gasteiger partial charge in [-0.1, -0.05) is 5.10 Å². The van der Waals surface area contributed by atoms with Crippen LogP contribution in [0.2, 0.25) is 0 Å². The van der Waals surface area contributed by atoms with Crippen molar-refractivity contribution in [2.45, 2.75) is 6.18 Å². The number of benzene rings is 1. The number of nitrogens with zero attached hydrogens (tertiary/aromatic N) is 3. The molecule has 0 unspecified atom stereocenters. The van der Waals surface area contributed by atoms with Crippen LogP contribution in [0, 0.1) is 5.82 Å². The van der Waals surface area contributed by atoms with Gasteiger partial charge in [-0.3, -0.25) is 10.3 Å². The lowest BCUT2D eigenvalue weighted by Gasteiger charge is -2.11. The Kier molecular flexibility index (Phi) is 5.16. The van der Waals surface area contributed by atoms with Gasteiger partial charge in [0.1, 0.15) is 11.6 Å². The van der Waals surface area contributed by atoms with Gasteiger partial charge in [-0.25, -0.2) is 9.18 Å². The van der Waals surface area contributed by atoms with Crippen LogP contribution in [0.25, 0.3) is 0 Å². The first kappa shape index (κ1) is 18.5. The number of ether oxygens (including phenoxy) is 1. The first-order valence-electron chi connectivity index (χ1n) is 7.17. The minimum Gasteiger partial charge on any atom is -0.430 e. The summed E-state index contributed by atoms with van der Waals surface area (Å²) in [7, 11) is 0. The molecule has 2 N–H and O–H groups in total. The highest BCUT2D eigenvalue weighted by Crippen LogP contribution is 2.33. The second-order valence-electron chi connectivity index (χ2n) is 4.93. The smallest absolute Gasteiger partial charge is 0.419 e. The minimum atomic E-state index is -4.88. The number of alkyl halides is 3. The average Bonchev–Trinajstić information content (AvgIpc) is 3.03. The fraction of sp³-hybridized carbons (Fsp3) is 0.0667. The molecule has 1 aromatic carbocycles. The van der Waals surface area contributed by atoms with Gasteiger partial charge in [-0.05, 0) is 41.7 Å². The van der Waals surface area contributed by atoms with Crippen molar-refractivity contribution in [1.82, 2.24) is 15.2 Å². The zero-order chi connectivity index (χ0) is 19.4. The number of carbonyl (C=O) groups excluding carboxylic acids is 1. The second kappa shape index (κ2) is 7.53. The van der Waals surface area contributed by atoms with Crippen LogP contribution in [0.15, 0.2) is 42.7 Å². The zero-order valence-electron chi connectivity index (χ0n) is 13.1. The summed E-state index contributed by atoms with van der Waals surface area (Å²) < 4.78 is 56.7. The first-order valence-corrected chi connectivity index (χ1v) is 7.99. The number of halogens is 4. The maximum atomic E-state index is 13.2. The molecule has 2 heterocycles. The molecule has 3 aromatic rings. The fourth-order valence-corrected chi connectivity index (χ4v) is 2.50. The van der Waals surface area contributed by atoms with Crippen LogP contribution in [0.3, 0.4) is 0 Å². The molecule has 0 aliphatic heterocycles. The lowest BCUT2D eigenvalue weighted by molar-refractivity contribution is -0.139. The van der Waals surface area contributed by atoms with E-state index in [4.69, 9.17) is 4.74 Å². The molecule has 0 aliphatic rings. The Hall–Kier alpha value is -3.28. The molecule has 0 fully saturated rings. The van der Waals surface area contributed by atoms with E-state index in [9.17, 15) is 22.4 Å². The highest BCUT2D eigenvalue weighted by molar-refractivity contribution is 7.17. The van der Waals surface area contributed by atoms with Gasteiger partial charge in [0.2, 0.25) is 5.13 Å². The highest BCUT2D eigenvalue weighted by atomic mass is 32.1. The number of aromatic nitrogens is 3. The van der Waals surface area contributed by atoms with Gasteiger partial charge in [-0.2, -0.15) is 13.2 Å². The van der Waals surface area contributed by atoms with Gasteiger partial charge in [0, 0.05) is 18.1 Å².